The third-order valence-electron chi connectivity index (χ3n) is 2.49. The molecule has 0 saturated carbocycles. The van der Waals surface area contributed by atoms with E-state index in [-0.39, 0.29) is 21.6 Å². The van der Waals surface area contributed by atoms with E-state index in [1.807, 2.05) is 6.92 Å². The molecule has 0 aromatic carbocycles. The summed E-state index contributed by atoms with van der Waals surface area (Å²) >= 11 is 6.41. The van der Waals surface area contributed by atoms with Crippen molar-refractivity contribution >= 4 is 37.5 Å². The first-order chi connectivity index (χ1) is 7.99. The number of rotatable bonds is 5. The largest absolute Gasteiger partial charge is 0.308 e. The average Bonchev–Trinajstić information content (AvgIpc) is 2.30. The predicted octanol–water partition coefficient (Wildman–Crippen LogP) is 2.94. The fourth-order valence-electron chi connectivity index (χ4n) is 1.38. The Balaban J connectivity index is 3.14. The molecule has 5 nitrogen and oxygen atoms in total. The Morgan fingerprint density at radius 2 is 2.24 bits per heavy atom. The van der Waals surface area contributed by atoms with Crippen molar-refractivity contribution in [3.05, 3.63) is 37.2 Å². The van der Waals surface area contributed by atoms with Crippen LogP contribution in [0.4, 0.5) is 5.69 Å². The fourth-order valence-corrected chi connectivity index (χ4v) is 2.51. The average molecular weight is 368 g/mol. The Labute approximate surface area is 115 Å². The Morgan fingerprint density at radius 1 is 1.59 bits per heavy atom. The second-order valence-corrected chi connectivity index (χ2v) is 5.19. The normalized spacial score (nSPS) is 12.4. The van der Waals surface area contributed by atoms with Crippen LogP contribution in [0, 0.1) is 16.0 Å². The number of aromatic nitrogens is 1. The van der Waals surface area contributed by atoms with E-state index in [9.17, 15) is 14.9 Å². The maximum Gasteiger partial charge on any atom is 0.286 e. The first-order valence-corrected chi connectivity index (χ1v) is 7.01. The Morgan fingerprint density at radius 3 is 2.71 bits per heavy atom. The Bertz CT molecular complexity index is 469. The number of alkyl halides is 1. The molecule has 1 rings (SSSR count). The second-order valence-electron chi connectivity index (χ2n) is 3.69. The summed E-state index contributed by atoms with van der Waals surface area (Å²) in [6.45, 7) is 2.49. The third-order valence-corrected chi connectivity index (χ3v) is 3.97. The summed E-state index contributed by atoms with van der Waals surface area (Å²) in [6.07, 6.45) is 2.19. The molecule has 0 aliphatic rings. The highest BCUT2D eigenvalue weighted by Crippen LogP contribution is 2.16. The molecule has 1 unspecified atom stereocenters. The van der Waals surface area contributed by atoms with E-state index in [1.54, 1.807) is 0 Å². The highest BCUT2D eigenvalue weighted by Gasteiger charge is 2.14. The molecule has 94 valence electrons. The molecule has 0 radical (unpaired) electrons. The van der Waals surface area contributed by atoms with Gasteiger partial charge in [0.2, 0.25) is 0 Å². The number of hydrogen-bond donors (Lipinski definition) is 0. The molecule has 0 spiro atoms. The summed E-state index contributed by atoms with van der Waals surface area (Å²) in [5, 5.41) is 11.5. The van der Waals surface area contributed by atoms with Crippen LogP contribution in [0.15, 0.2) is 21.5 Å². The molecule has 1 atom stereocenters. The molecule has 0 bridgehead atoms. The van der Waals surface area contributed by atoms with Crippen molar-refractivity contribution in [3.8, 4) is 0 Å². The van der Waals surface area contributed by atoms with Crippen molar-refractivity contribution in [2.45, 2.75) is 19.9 Å². The molecule has 0 N–H and O–H groups in total. The molecule has 0 aliphatic carbocycles. The zero-order valence-electron chi connectivity index (χ0n) is 9.23. The van der Waals surface area contributed by atoms with Gasteiger partial charge in [0.05, 0.1) is 15.6 Å². The SMILES string of the molecule is CCC(CBr)Cn1cc([N+](=O)[O-])cc(Br)c1=O. The third kappa shape index (κ3) is 3.64. The quantitative estimate of drug-likeness (QED) is 0.456. The maximum absolute atomic E-state index is 11.8. The van der Waals surface area contributed by atoms with Crippen LogP contribution >= 0.6 is 31.9 Å². The lowest BCUT2D eigenvalue weighted by Gasteiger charge is -2.13. The maximum atomic E-state index is 11.8. The van der Waals surface area contributed by atoms with Crippen LogP contribution in [-0.4, -0.2) is 14.8 Å². The standard InChI is InChI=1S/C10H12Br2N2O3/c1-2-7(4-11)5-13-6-8(14(16)17)3-9(12)10(13)15/h3,6-7H,2,4-5H2,1H3. The van der Waals surface area contributed by atoms with Crippen LogP contribution in [0.5, 0.6) is 0 Å². The lowest BCUT2D eigenvalue weighted by atomic mass is 10.1. The minimum atomic E-state index is -0.504. The minimum absolute atomic E-state index is 0.0825. The van der Waals surface area contributed by atoms with Crippen molar-refractivity contribution in [2.24, 2.45) is 5.92 Å². The van der Waals surface area contributed by atoms with E-state index >= 15 is 0 Å². The minimum Gasteiger partial charge on any atom is -0.308 e. The highest BCUT2D eigenvalue weighted by atomic mass is 79.9. The van der Waals surface area contributed by atoms with Crippen molar-refractivity contribution in [1.29, 1.82) is 0 Å². The number of nitro groups is 1. The molecule has 0 fully saturated rings. The zero-order valence-corrected chi connectivity index (χ0v) is 12.4. The topological polar surface area (TPSA) is 65.1 Å². The lowest BCUT2D eigenvalue weighted by Crippen LogP contribution is -2.25. The van der Waals surface area contributed by atoms with E-state index < -0.39 is 4.92 Å². The van der Waals surface area contributed by atoms with E-state index in [4.69, 9.17) is 0 Å². The van der Waals surface area contributed by atoms with Gasteiger partial charge in [-0.25, -0.2) is 0 Å². The first kappa shape index (κ1) is 14.4. The molecule has 1 heterocycles. The number of halogens is 2. The number of hydrogen-bond acceptors (Lipinski definition) is 3. The van der Waals surface area contributed by atoms with Gasteiger partial charge in [-0.15, -0.1) is 0 Å². The van der Waals surface area contributed by atoms with E-state index in [2.05, 4.69) is 31.9 Å². The molecule has 7 heteroatoms. The molecule has 0 saturated heterocycles. The summed E-state index contributed by atoms with van der Waals surface area (Å²) in [6, 6.07) is 1.23. The fraction of sp³-hybridized carbons (Fsp3) is 0.500. The number of nitrogens with zero attached hydrogens (tertiary/aromatic N) is 2. The van der Waals surface area contributed by atoms with Crippen molar-refractivity contribution in [1.82, 2.24) is 4.57 Å². The van der Waals surface area contributed by atoms with E-state index in [0.29, 0.717) is 6.54 Å². The molecule has 0 amide bonds. The molecule has 1 aromatic rings. The lowest BCUT2D eigenvalue weighted by molar-refractivity contribution is -0.385. The predicted molar refractivity (Wildman–Crippen MR) is 72.6 cm³/mol. The Hall–Kier alpha value is -0.690. The zero-order chi connectivity index (χ0) is 13.0. The molecule has 0 aliphatic heterocycles. The molecule has 17 heavy (non-hydrogen) atoms. The van der Waals surface area contributed by atoms with Gasteiger partial charge in [-0.2, -0.15) is 0 Å². The van der Waals surface area contributed by atoms with Crippen LogP contribution in [0.1, 0.15) is 13.3 Å². The monoisotopic (exact) mass is 366 g/mol. The van der Waals surface area contributed by atoms with Gasteiger partial charge in [0, 0.05) is 17.9 Å². The summed E-state index contributed by atoms with van der Waals surface area (Å²) < 4.78 is 1.61. The number of pyridine rings is 1. The highest BCUT2D eigenvalue weighted by molar-refractivity contribution is 9.10. The van der Waals surface area contributed by atoms with Gasteiger partial charge in [0.25, 0.3) is 11.2 Å². The van der Waals surface area contributed by atoms with Crippen molar-refractivity contribution in [2.75, 3.05) is 5.33 Å². The van der Waals surface area contributed by atoms with Crippen LogP contribution < -0.4 is 5.56 Å². The summed E-state index contributed by atoms with van der Waals surface area (Å²) in [4.78, 5) is 22.0. The Kier molecular flexibility index (Phi) is 5.32. The van der Waals surface area contributed by atoms with E-state index in [1.165, 1.54) is 16.8 Å². The van der Waals surface area contributed by atoms with Gasteiger partial charge in [-0.1, -0.05) is 29.3 Å². The van der Waals surface area contributed by atoms with Gasteiger partial charge in [0.15, 0.2) is 0 Å². The van der Waals surface area contributed by atoms with Crippen molar-refractivity contribution < 1.29 is 4.92 Å². The van der Waals surface area contributed by atoms with Gasteiger partial charge >= 0.3 is 0 Å². The smallest absolute Gasteiger partial charge is 0.286 e. The van der Waals surface area contributed by atoms with E-state index in [0.717, 1.165) is 11.8 Å². The van der Waals surface area contributed by atoms with Crippen LogP contribution in [0.3, 0.4) is 0 Å². The van der Waals surface area contributed by atoms with Gasteiger partial charge in [-0.3, -0.25) is 14.9 Å². The molecular formula is C10H12Br2N2O3. The molecular weight excluding hydrogens is 356 g/mol. The van der Waals surface area contributed by atoms with Crippen molar-refractivity contribution in [3.63, 3.8) is 0 Å². The first-order valence-electron chi connectivity index (χ1n) is 5.10. The second kappa shape index (κ2) is 6.30. The van der Waals surface area contributed by atoms with Gasteiger partial charge < -0.3 is 4.57 Å². The van der Waals surface area contributed by atoms with Gasteiger partial charge in [-0.05, 0) is 21.8 Å². The van der Waals surface area contributed by atoms with Crippen LogP contribution in [-0.2, 0) is 6.54 Å². The van der Waals surface area contributed by atoms with Gasteiger partial charge in [0.1, 0.15) is 0 Å². The van der Waals surface area contributed by atoms with Crippen LogP contribution in [0.25, 0.3) is 0 Å². The van der Waals surface area contributed by atoms with Crippen LogP contribution in [0.2, 0.25) is 0 Å². The molecule has 1 aromatic heterocycles. The summed E-state index contributed by atoms with van der Waals surface area (Å²) in [5.74, 6) is 0.279. The summed E-state index contributed by atoms with van der Waals surface area (Å²) in [5.41, 5.74) is -0.323. The summed E-state index contributed by atoms with van der Waals surface area (Å²) in [7, 11) is 0.